The zero-order valence-electron chi connectivity index (χ0n) is 30.4. The third-order valence-corrected chi connectivity index (χ3v) is 7.94. The fourth-order valence-corrected chi connectivity index (χ4v) is 5.77. The van der Waals surface area contributed by atoms with E-state index in [9.17, 15) is 4.79 Å². The van der Waals surface area contributed by atoms with Gasteiger partial charge < -0.3 is 0 Å². The SMILES string of the molecule is C=C(C)/C=C/CC.CC.CC.CCC/C(=C/c1ccc(C2=C(c3ccc(Cl)cc3C)CCCc3cc(C(C)=O)ccc32)cc1)CC. The molecule has 0 unspecified atom stereocenters. The molecule has 0 aliphatic heterocycles. The fraction of sp³-hybridized carbons (Fsp3) is 0.386. The van der Waals surface area contributed by atoms with Gasteiger partial charge in [-0.25, -0.2) is 0 Å². The summed E-state index contributed by atoms with van der Waals surface area (Å²) in [6.07, 6.45) is 14.0. The Labute approximate surface area is 287 Å². The summed E-state index contributed by atoms with van der Waals surface area (Å²) in [5.74, 6) is 0.117. The topological polar surface area (TPSA) is 17.1 Å². The predicted molar refractivity (Wildman–Crippen MR) is 208 cm³/mol. The summed E-state index contributed by atoms with van der Waals surface area (Å²) in [7, 11) is 0. The minimum Gasteiger partial charge on any atom is -0.295 e. The number of rotatable bonds is 9. The van der Waals surface area contributed by atoms with Gasteiger partial charge in [0.05, 0.1) is 0 Å². The van der Waals surface area contributed by atoms with Gasteiger partial charge in [0.25, 0.3) is 0 Å². The molecule has 0 saturated carbocycles. The number of hydrogen-bond acceptors (Lipinski definition) is 1. The van der Waals surface area contributed by atoms with E-state index in [-0.39, 0.29) is 5.78 Å². The Morgan fingerprint density at radius 1 is 0.870 bits per heavy atom. The molecule has 46 heavy (non-hydrogen) atoms. The van der Waals surface area contributed by atoms with Gasteiger partial charge in [-0.2, -0.15) is 0 Å². The second-order valence-corrected chi connectivity index (χ2v) is 11.7. The number of ketones is 1. The van der Waals surface area contributed by atoms with Crippen LogP contribution < -0.4 is 0 Å². The van der Waals surface area contributed by atoms with E-state index < -0.39 is 0 Å². The molecule has 0 heterocycles. The summed E-state index contributed by atoms with van der Waals surface area (Å²) in [5, 5.41) is 0.767. The molecule has 3 aromatic carbocycles. The highest BCUT2D eigenvalue weighted by Gasteiger charge is 2.22. The number of fused-ring (bicyclic) bond motifs is 1. The van der Waals surface area contributed by atoms with Gasteiger partial charge in [0.15, 0.2) is 5.78 Å². The van der Waals surface area contributed by atoms with E-state index in [1.165, 1.54) is 56.5 Å². The highest BCUT2D eigenvalue weighted by Crippen LogP contribution is 2.41. The number of carbonyl (C=O) groups excluding carboxylic acids is 1. The molecule has 248 valence electrons. The van der Waals surface area contributed by atoms with Crippen molar-refractivity contribution in [3.8, 4) is 0 Å². The minimum absolute atomic E-state index is 0.117. The summed E-state index contributed by atoms with van der Waals surface area (Å²) >= 11 is 6.31. The monoisotopic (exact) mass is 638 g/mol. The van der Waals surface area contributed by atoms with Crippen molar-refractivity contribution in [1.29, 1.82) is 0 Å². The number of Topliss-reactive ketones (excluding diaryl/α,β-unsaturated/α-hetero) is 1. The van der Waals surface area contributed by atoms with Gasteiger partial charge in [-0.15, -0.1) is 0 Å². The summed E-state index contributed by atoms with van der Waals surface area (Å²) in [5.41, 5.74) is 13.5. The molecule has 1 aliphatic carbocycles. The lowest BCUT2D eigenvalue weighted by molar-refractivity contribution is 0.101. The van der Waals surface area contributed by atoms with Crippen LogP contribution in [0.25, 0.3) is 17.2 Å². The largest absolute Gasteiger partial charge is 0.295 e. The van der Waals surface area contributed by atoms with E-state index in [0.29, 0.717) is 0 Å². The van der Waals surface area contributed by atoms with Crippen LogP contribution in [0.2, 0.25) is 5.02 Å². The van der Waals surface area contributed by atoms with E-state index in [1.54, 1.807) is 6.92 Å². The number of aryl methyl sites for hydroxylation is 2. The Bertz CT molecular complexity index is 1480. The van der Waals surface area contributed by atoms with Gasteiger partial charge >= 0.3 is 0 Å². The molecule has 0 fully saturated rings. The number of benzene rings is 3. The average molecular weight is 639 g/mol. The molecular weight excluding hydrogens is 580 g/mol. The van der Waals surface area contributed by atoms with Crippen molar-refractivity contribution in [3.05, 3.63) is 135 Å². The third-order valence-electron chi connectivity index (χ3n) is 7.70. The molecule has 1 aliphatic rings. The average Bonchev–Trinajstić information content (AvgIpc) is 3.25. The highest BCUT2D eigenvalue weighted by molar-refractivity contribution is 6.30. The molecule has 3 aromatic rings. The Morgan fingerprint density at radius 3 is 2.04 bits per heavy atom. The predicted octanol–water partition coefficient (Wildman–Crippen LogP) is 14.3. The zero-order valence-corrected chi connectivity index (χ0v) is 31.2. The van der Waals surface area contributed by atoms with Crippen molar-refractivity contribution in [2.45, 2.75) is 114 Å². The summed E-state index contributed by atoms with van der Waals surface area (Å²) in [6.45, 7) is 24.1. The molecule has 1 nitrogen and oxygen atoms in total. The molecule has 0 N–H and O–H groups in total. The van der Waals surface area contributed by atoms with Crippen molar-refractivity contribution in [3.63, 3.8) is 0 Å². The quantitative estimate of drug-likeness (QED) is 0.168. The normalized spacial score (nSPS) is 12.5. The van der Waals surface area contributed by atoms with Gasteiger partial charge in [0.1, 0.15) is 0 Å². The zero-order chi connectivity index (χ0) is 34.6. The number of hydrogen-bond donors (Lipinski definition) is 0. The molecule has 4 rings (SSSR count). The Kier molecular flexibility index (Phi) is 19.6. The second kappa shape index (κ2) is 22.2. The van der Waals surface area contributed by atoms with Gasteiger partial charge in [-0.05, 0) is 122 Å². The smallest absolute Gasteiger partial charge is 0.159 e. The van der Waals surface area contributed by atoms with Crippen LogP contribution in [0.4, 0.5) is 0 Å². The molecule has 0 spiro atoms. The number of halogens is 1. The lowest BCUT2D eigenvalue weighted by Gasteiger charge is -2.19. The first-order valence-corrected chi connectivity index (χ1v) is 17.8. The molecule has 0 bridgehead atoms. The molecule has 2 heteroatoms. The fourth-order valence-electron chi connectivity index (χ4n) is 5.54. The first-order chi connectivity index (χ1) is 22.2. The van der Waals surface area contributed by atoms with Crippen molar-refractivity contribution in [2.75, 3.05) is 0 Å². The van der Waals surface area contributed by atoms with Crippen LogP contribution in [0.5, 0.6) is 0 Å². The lowest BCUT2D eigenvalue weighted by atomic mass is 9.85. The van der Waals surface area contributed by atoms with Crippen LogP contribution in [0, 0.1) is 6.92 Å². The van der Waals surface area contributed by atoms with Crippen LogP contribution in [0.15, 0.2) is 90.5 Å². The van der Waals surface area contributed by atoms with Crippen LogP contribution in [0.1, 0.15) is 145 Å². The Morgan fingerprint density at radius 2 is 1.52 bits per heavy atom. The summed E-state index contributed by atoms with van der Waals surface area (Å²) in [4.78, 5) is 12.1. The van der Waals surface area contributed by atoms with Crippen molar-refractivity contribution in [2.24, 2.45) is 0 Å². The highest BCUT2D eigenvalue weighted by atomic mass is 35.5. The van der Waals surface area contributed by atoms with E-state index in [2.05, 4.69) is 95.0 Å². The number of allylic oxidation sites excluding steroid dienone is 5. The van der Waals surface area contributed by atoms with Gasteiger partial charge in [-0.1, -0.05) is 145 Å². The molecular formula is C44H59ClO. The van der Waals surface area contributed by atoms with Crippen LogP contribution in [0.3, 0.4) is 0 Å². The van der Waals surface area contributed by atoms with Crippen LogP contribution in [-0.2, 0) is 6.42 Å². The van der Waals surface area contributed by atoms with Gasteiger partial charge in [0.2, 0.25) is 0 Å². The standard InChI is InChI=1S/C33H35ClO.C7H12.2C2H6/c1-5-8-24(6-2)20-25-11-13-26(14-12-25)33-31-17-15-27(23(4)35)21-28(31)9-7-10-32(33)30-18-16-29(34)19-22(30)3;1-4-5-6-7(2)3;2*1-2/h11-21H,5-10H2,1-4H3;5-6H,2,4H2,1,3H3;2*1-2H3/b24-20+;6-5+;;. The van der Waals surface area contributed by atoms with E-state index in [0.717, 1.165) is 54.7 Å². The van der Waals surface area contributed by atoms with Gasteiger partial charge in [-0.3, -0.25) is 4.79 Å². The second-order valence-electron chi connectivity index (χ2n) is 11.3. The lowest BCUT2D eigenvalue weighted by Crippen LogP contribution is -2.00. The maximum absolute atomic E-state index is 12.1. The number of carbonyl (C=O) groups is 1. The van der Waals surface area contributed by atoms with Crippen molar-refractivity contribution in [1.82, 2.24) is 0 Å². The van der Waals surface area contributed by atoms with Crippen molar-refractivity contribution >= 4 is 34.6 Å². The molecule has 0 atom stereocenters. The molecule has 0 aromatic heterocycles. The molecule has 0 radical (unpaired) electrons. The molecule has 0 saturated heterocycles. The Balaban J connectivity index is 0.000000840. The van der Waals surface area contributed by atoms with E-state index >= 15 is 0 Å². The summed E-state index contributed by atoms with van der Waals surface area (Å²) in [6, 6.07) is 21.5. The van der Waals surface area contributed by atoms with E-state index in [4.69, 9.17) is 11.6 Å². The minimum atomic E-state index is 0.117. The maximum Gasteiger partial charge on any atom is 0.159 e. The maximum atomic E-state index is 12.1. The third kappa shape index (κ3) is 12.4. The van der Waals surface area contributed by atoms with Crippen molar-refractivity contribution < 1.29 is 4.79 Å². The first-order valence-electron chi connectivity index (χ1n) is 17.4. The summed E-state index contributed by atoms with van der Waals surface area (Å²) < 4.78 is 0. The van der Waals surface area contributed by atoms with Crippen LogP contribution >= 0.6 is 11.6 Å². The van der Waals surface area contributed by atoms with Crippen LogP contribution in [-0.4, -0.2) is 5.78 Å². The van der Waals surface area contributed by atoms with Gasteiger partial charge in [0, 0.05) is 10.6 Å². The van der Waals surface area contributed by atoms with E-state index in [1.807, 2.05) is 52.8 Å². The Hall–Kier alpha value is -3.42. The molecule has 0 amide bonds. The first kappa shape index (κ1) is 40.6.